The third-order valence-electron chi connectivity index (χ3n) is 6.05. The molecular formula is C23H19ClIN3O5. The predicted octanol–water partition coefficient (Wildman–Crippen LogP) is 5.53. The molecule has 1 N–H and O–H groups in total. The molecule has 1 aliphatic heterocycles. The fourth-order valence-electron chi connectivity index (χ4n) is 4.63. The summed E-state index contributed by atoms with van der Waals surface area (Å²) in [5.74, 6) is -0.733. The van der Waals surface area contributed by atoms with Crippen molar-refractivity contribution >= 4 is 68.9 Å². The van der Waals surface area contributed by atoms with Gasteiger partial charge in [0.05, 0.1) is 16.6 Å². The van der Waals surface area contributed by atoms with Crippen LogP contribution in [0.5, 0.6) is 0 Å². The van der Waals surface area contributed by atoms with E-state index in [9.17, 15) is 19.5 Å². The molecule has 0 saturated heterocycles. The van der Waals surface area contributed by atoms with Crippen LogP contribution >= 0.6 is 34.2 Å². The van der Waals surface area contributed by atoms with Crippen LogP contribution in [0.2, 0.25) is 5.02 Å². The number of fused-ring (bicyclic) bond motifs is 3. The molecule has 1 spiro atoms. The Kier molecular flexibility index (Phi) is 4.81. The fourth-order valence-corrected chi connectivity index (χ4v) is 5.47. The number of carbonyl (C=O) groups is 3. The Bertz CT molecular complexity index is 1380. The second-order valence-corrected chi connectivity index (χ2v) is 10.7. The number of hydrogen-bond acceptors (Lipinski definition) is 5. The van der Waals surface area contributed by atoms with Crippen LogP contribution in [0.1, 0.15) is 44.2 Å². The molecule has 33 heavy (non-hydrogen) atoms. The molecule has 8 nitrogen and oxygen atoms in total. The molecule has 10 heteroatoms. The first-order chi connectivity index (χ1) is 15.4. The monoisotopic (exact) mass is 579 g/mol. The Morgan fingerprint density at radius 2 is 1.97 bits per heavy atom. The number of imide groups is 1. The predicted molar refractivity (Wildman–Crippen MR) is 130 cm³/mol. The quantitative estimate of drug-likeness (QED) is 0.381. The van der Waals surface area contributed by atoms with Crippen LogP contribution in [-0.4, -0.2) is 38.6 Å². The van der Waals surface area contributed by atoms with Gasteiger partial charge >= 0.3 is 12.2 Å². The second kappa shape index (κ2) is 7.17. The summed E-state index contributed by atoms with van der Waals surface area (Å²) in [6.45, 7) is 5.34. The van der Waals surface area contributed by atoms with Crippen molar-refractivity contribution in [1.82, 2.24) is 9.78 Å². The van der Waals surface area contributed by atoms with Crippen LogP contribution in [0.3, 0.4) is 0 Å². The van der Waals surface area contributed by atoms with E-state index in [4.69, 9.17) is 16.3 Å². The maximum atomic E-state index is 13.3. The van der Waals surface area contributed by atoms with Gasteiger partial charge in [0.25, 0.3) is 0 Å². The molecular weight excluding hydrogens is 561 g/mol. The van der Waals surface area contributed by atoms with Crippen molar-refractivity contribution in [3.63, 3.8) is 0 Å². The molecule has 1 saturated carbocycles. The van der Waals surface area contributed by atoms with Gasteiger partial charge in [-0.25, -0.2) is 14.5 Å². The lowest BCUT2D eigenvalue weighted by Gasteiger charge is -2.19. The summed E-state index contributed by atoms with van der Waals surface area (Å²) < 4.78 is 7.37. The van der Waals surface area contributed by atoms with Crippen LogP contribution in [-0.2, 0) is 14.9 Å². The normalized spacial score (nSPS) is 21.5. The van der Waals surface area contributed by atoms with Crippen LogP contribution < -0.4 is 4.90 Å². The lowest BCUT2D eigenvalue weighted by Crippen LogP contribution is -2.36. The van der Waals surface area contributed by atoms with E-state index in [1.54, 1.807) is 39.0 Å². The largest absolute Gasteiger partial charge is 0.464 e. The Morgan fingerprint density at radius 1 is 1.24 bits per heavy atom. The van der Waals surface area contributed by atoms with Gasteiger partial charge in [-0.05, 0) is 91.2 Å². The van der Waals surface area contributed by atoms with Gasteiger partial charge < -0.3 is 9.84 Å². The molecule has 0 unspecified atom stereocenters. The Morgan fingerprint density at radius 3 is 2.64 bits per heavy atom. The molecule has 170 valence electrons. The van der Waals surface area contributed by atoms with E-state index in [2.05, 4.69) is 27.7 Å². The summed E-state index contributed by atoms with van der Waals surface area (Å²) >= 11 is 8.26. The maximum Gasteiger partial charge on any atom is 0.435 e. The first-order valence-corrected chi connectivity index (χ1v) is 11.7. The van der Waals surface area contributed by atoms with Crippen molar-refractivity contribution in [1.29, 1.82) is 0 Å². The van der Waals surface area contributed by atoms with Gasteiger partial charge in [-0.1, -0.05) is 17.7 Å². The second-order valence-electron chi connectivity index (χ2n) is 9.27. The standard InChI is InChI=1S/C23H19ClIN3O5/c1-22(2,3)33-21(32)28-17-8-11(4-6-13(17)18(25)26-28)15-10-23(15)14-9-12(24)5-7-16(14)27(19(23)29)20(30)31/h4-9,15H,10H2,1-3H3,(H,30,31)/t15-,23-/m0/s1. The maximum absolute atomic E-state index is 13.3. The first kappa shape index (κ1) is 22.1. The zero-order chi connectivity index (χ0) is 23.9. The number of rotatable bonds is 1. The molecule has 2 atom stereocenters. The van der Waals surface area contributed by atoms with Gasteiger partial charge in [0, 0.05) is 16.3 Å². The lowest BCUT2D eigenvalue weighted by atomic mass is 9.92. The summed E-state index contributed by atoms with van der Waals surface area (Å²) in [4.78, 5) is 38.7. The van der Waals surface area contributed by atoms with Crippen molar-refractivity contribution in [2.24, 2.45) is 0 Å². The molecule has 0 radical (unpaired) electrons. The molecule has 0 bridgehead atoms. The highest BCUT2D eigenvalue weighted by molar-refractivity contribution is 14.1. The van der Waals surface area contributed by atoms with Crippen LogP contribution in [0.15, 0.2) is 36.4 Å². The van der Waals surface area contributed by atoms with Crippen molar-refractivity contribution in [2.45, 2.75) is 44.1 Å². The minimum absolute atomic E-state index is 0.254. The summed E-state index contributed by atoms with van der Waals surface area (Å²) in [5.41, 5.74) is 0.668. The molecule has 2 amide bonds. The molecule has 2 heterocycles. The van der Waals surface area contributed by atoms with Gasteiger partial charge in [-0.15, -0.1) is 0 Å². The minimum Gasteiger partial charge on any atom is -0.464 e. The molecule has 2 aromatic carbocycles. The molecule has 1 aliphatic carbocycles. The highest BCUT2D eigenvalue weighted by atomic mass is 127. The number of ether oxygens (including phenoxy) is 1. The Balaban J connectivity index is 1.59. The lowest BCUT2D eigenvalue weighted by molar-refractivity contribution is -0.119. The van der Waals surface area contributed by atoms with Gasteiger partial charge in [-0.2, -0.15) is 9.78 Å². The van der Waals surface area contributed by atoms with Gasteiger partial charge in [0.15, 0.2) is 0 Å². The number of hydrogen-bond donors (Lipinski definition) is 1. The van der Waals surface area contributed by atoms with E-state index in [1.165, 1.54) is 4.68 Å². The summed E-state index contributed by atoms with van der Waals surface area (Å²) in [7, 11) is 0. The van der Waals surface area contributed by atoms with E-state index in [0.29, 0.717) is 31.9 Å². The highest BCUT2D eigenvalue weighted by Gasteiger charge is 2.68. The van der Waals surface area contributed by atoms with E-state index >= 15 is 0 Å². The molecule has 1 fully saturated rings. The van der Waals surface area contributed by atoms with E-state index in [1.807, 2.05) is 18.2 Å². The topological polar surface area (TPSA) is 102 Å². The molecule has 5 rings (SSSR count). The highest BCUT2D eigenvalue weighted by Crippen LogP contribution is 2.66. The van der Waals surface area contributed by atoms with Crippen molar-refractivity contribution in [3.8, 4) is 0 Å². The molecule has 2 aliphatic rings. The summed E-state index contributed by atoms with van der Waals surface area (Å²) in [6, 6.07) is 10.4. The number of halogens is 2. The zero-order valence-corrected chi connectivity index (χ0v) is 20.8. The number of anilines is 1. The number of nitrogens with zero attached hydrogens (tertiary/aromatic N) is 3. The fraction of sp³-hybridized carbons (Fsp3) is 0.304. The van der Waals surface area contributed by atoms with E-state index in [-0.39, 0.29) is 5.92 Å². The SMILES string of the molecule is CC(C)(C)OC(=O)n1nc(I)c2ccc([C@@H]3C[C@@]34C(=O)N(C(=O)O)c3ccc(Cl)cc34)cc21. The zero-order valence-electron chi connectivity index (χ0n) is 17.9. The molecule has 1 aromatic heterocycles. The Labute approximate surface area is 207 Å². The van der Waals surface area contributed by atoms with Crippen molar-refractivity contribution < 1.29 is 24.2 Å². The number of carboxylic acid groups (broad SMARTS) is 1. The third-order valence-corrected chi connectivity index (χ3v) is 7.08. The van der Waals surface area contributed by atoms with E-state index in [0.717, 1.165) is 15.8 Å². The van der Waals surface area contributed by atoms with Crippen molar-refractivity contribution in [2.75, 3.05) is 4.90 Å². The smallest absolute Gasteiger partial charge is 0.435 e. The average molecular weight is 580 g/mol. The van der Waals surface area contributed by atoms with E-state index < -0.39 is 29.1 Å². The van der Waals surface area contributed by atoms with Crippen LogP contribution in [0.25, 0.3) is 10.9 Å². The first-order valence-electron chi connectivity index (χ1n) is 10.2. The number of aromatic nitrogens is 2. The number of amides is 2. The Hall–Kier alpha value is -2.66. The van der Waals surface area contributed by atoms with Gasteiger partial charge in [0.2, 0.25) is 5.91 Å². The number of carbonyl (C=O) groups excluding carboxylic acids is 2. The molecule has 3 aromatic rings. The van der Waals surface area contributed by atoms with Gasteiger partial charge in [-0.3, -0.25) is 4.79 Å². The third kappa shape index (κ3) is 3.31. The van der Waals surface area contributed by atoms with Gasteiger partial charge in [0.1, 0.15) is 9.30 Å². The minimum atomic E-state index is -1.32. The van der Waals surface area contributed by atoms with Crippen molar-refractivity contribution in [3.05, 3.63) is 56.2 Å². The number of benzene rings is 2. The van der Waals surface area contributed by atoms with Crippen LogP contribution in [0, 0.1) is 3.70 Å². The van der Waals surface area contributed by atoms with Crippen LogP contribution in [0.4, 0.5) is 15.3 Å². The summed E-state index contributed by atoms with van der Waals surface area (Å²) in [6.07, 6.45) is -1.46. The average Bonchev–Trinajstić information content (AvgIpc) is 3.32. The summed E-state index contributed by atoms with van der Waals surface area (Å²) in [5, 5.41) is 15.2.